The fraction of sp³-hybridized carbons (Fsp3) is 0.571. The number of unbranched alkanes of at least 4 members (excludes halogenated alkanes) is 12. The molecule has 0 amide bonds. The minimum Gasteiger partial charge on any atom is -0.462 e. The summed E-state index contributed by atoms with van der Waals surface area (Å²) in [5.74, 6) is -1.07. The van der Waals surface area contributed by atoms with E-state index in [1.807, 2.05) is 12.2 Å². The number of allylic oxidation sites excluding steroid dienone is 24. The van der Waals surface area contributed by atoms with Gasteiger partial charge in [0, 0.05) is 19.3 Å². The average Bonchev–Trinajstić information content (AvgIpc) is 3.35. The fourth-order valence-electron chi connectivity index (χ4n) is 6.78. The standard InChI is InChI=1S/C63H98O6/c1-4-7-10-13-16-19-22-25-28-30-31-33-35-38-41-44-47-50-53-56-62(65)68-59-60(58-67-61(64)55-52-49-46-43-40-37-34-27-24-21-18-15-12-9-6-3)69-63(66)57-54-51-48-45-42-39-36-32-29-26-23-20-17-14-11-8-5-2/h7,9-10,12,16-21,25-29,31,33-34,38,40-41,43,47,50,60H,4-6,8,11,13-15,22-24,30,32,35-37,39,42,44-46,48-49,51-59H2,1-3H3/b10-7-,12-9-,19-16-,20-17-,21-18-,28-25-,29-26-,33-31-,34-27-,41-38-,43-40-,50-47-/t60-/m1/s1. The second-order valence-corrected chi connectivity index (χ2v) is 17.4. The molecule has 0 aliphatic rings. The van der Waals surface area contributed by atoms with Gasteiger partial charge in [-0.15, -0.1) is 0 Å². The summed E-state index contributed by atoms with van der Waals surface area (Å²) >= 11 is 0. The van der Waals surface area contributed by atoms with Crippen molar-refractivity contribution in [1.82, 2.24) is 0 Å². The van der Waals surface area contributed by atoms with Crippen molar-refractivity contribution in [2.45, 2.75) is 219 Å². The first-order valence-corrected chi connectivity index (χ1v) is 27.3. The summed E-state index contributed by atoms with van der Waals surface area (Å²) in [4.78, 5) is 38.1. The highest BCUT2D eigenvalue weighted by Gasteiger charge is 2.19. The topological polar surface area (TPSA) is 78.9 Å². The van der Waals surface area contributed by atoms with Crippen LogP contribution in [0, 0.1) is 0 Å². The molecule has 0 aliphatic carbocycles. The SMILES string of the molecule is CC/C=C\C/C=C\C/C=C\C/C=C\C/C=C\C/C=C\CCC(=O)OC[C@@H](COC(=O)CCCC/C=C\C/C=C\C/C=C\C/C=C\CC)OC(=O)CCCCCCCCC/C=C\C/C=C\CCCCC. The summed E-state index contributed by atoms with van der Waals surface area (Å²) in [5, 5.41) is 0. The first-order valence-electron chi connectivity index (χ1n) is 27.3. The summed E-state index contributed by atoms with van der Waals surface area (Å²) in [6, 6.07) is 0. The van der Waals surface area contributed by atoms with E-state index in [0.29, 0.717) is 12.8 Å². The van der Waals surface area contributed by atoms with Crippen molar-refractivity contribution in [3.8, 4) is 0 Å². The van der Waals surface area contributed by atoms with Crippen molar-refractivity contribution < 1.29 is 28.6 Å². The van der Waals surface area contributed by atoms with E-state index in [1.165, 1.54) is 44.9 Å². The Morgan fingerprint density at radius 1 is 0.304 bits per heavy atom. The molecule has 0 aromatic heterocycles. The maximum Gasteiger partial charge on any atom is 0.306 e. The quantitative estimate of drug-likeness (QED) is 0.0262. The predicted molar refractivity (Wildman–Crippen MR) is 297 cm³/mol. The summed E-state index contributed by atoms with van der Waals surface area (Å²) < 4.78 is 16.7. The Balaban J connectivity index is 4.60. The van der Waals surface area contributed by atoms with Crippen LogP contribution >= 0.6 is 0 Å². The van der Waals surface area contributed by atoms with E-state index in [0.717, 1.165) is 116 Å². The number of ether oxygens (including phenoxy) is 3. The molecule has 1 atom stereocenters. The Morgan fingerprint density at radius 3 is 1.00 bits per heavy atom. The molecule has 6 heteroatoms. The molecular formula is C63H98O6. The minimum absolute atomic E-state index is 0.132. The lowest BCUT2D eigenvalue weighted by molar-refractivity contribution is -0.166. The van der Waals surface area contributed by atoms with Crippen molar-refractivity contribution >= 4 is 17.9 Å². The van der Waals surface area contributed by atoms with Gasteiger partial charge >= 0.3 is 17.9 Å². The molecular weight excluding hydrogens is 853 g/mol. The fourth-order valence-corrected chi connectivity index (χ4v) is 6.78. The highest BCUT2D eigenvalue weighted by molar-refractivity contribution is 5.71. The summed E-state index contributed by atoms with van der Waals surface area (Å²) in [5.41, 5.74) is 0. The van der Waals surface area contributed by atoms with Crippen LogP contribution in [0.15, 0.2) is 146 Å². The second kappa shape index (κ2) is 55.9. The predicted octanol–water partition coefficient (Wildman–Crippen LogP) is 18.4. The van der Waals surface area contributed by atoms with Crippen LogP contribution in [0.25, 0.3) is 0 Å². The smallest absolute Gasteiger partial charge is 0.306 e. The highest BCUT2D eigenvalue weighted by atomic mass is 16.6. The Kier molecular flexibility index (Phi) is 52.1. The van der Waals surface area contributed by atoms with Gasteiger partial charge in [-0.3, -0.25) is 14.4 Å². The average molecular weight is 951 g/mol. The lowest BCUT2D eigenvalue weighted by atomic mass is 10.1. The van der Waals surface area contributed by atoms with Crippen LogP contribution in [0.2, 0.25) is 0 Å². The molecule has 0 spiro atoms. The number of esters is 3. The molecule has 0 N–H and O–H groups in total. The monoisotopic (exact) mass is 951 g/mol. The van der Waals surface area contributed by atoms with Crippen LogP contribution < -0.4 is 0 Å². The van der Waals surface area contributed by atoms with Gasteiger partial charge < -0.3 is 14.2 Å². The van der Waals surface area contributed by atoms with Crippen molar-refractivity contribution in [3.63, 3.8) is 0 Å². The van der Waals surface area contributed by atoms with Gasteiger partial charge in [0.25, 0.3) is 0 Å². The molecule has 0 rings (SSSR count). The lowest BCUT2D eigenvalue weighted by Gasteiger charge is -2.18. The zero-order valence-electron chi connectivity index (χ0n) is 44.0. The van der Waals surface area contributed by atoms with Gasteiger partial charge in [-0.25, -0.2) is 0 Å². The summed E-state index contributed by atoms with van der Waals surface area (Å²) in [7, 11) is 0. The zero-order valence-corrected chi connectivity index (χ0v) is 44.0. The molecule has 0 bridgehead atoms. The third kappa shape index (κ3) is 54.1. The number of rotatable bonds is 47. The lowest BCUT2D eigenvalue weighted by Crippen LogP contribution is -2.30. The van der Waals surface area contributed by atoms with E-state index >= 15 is 0 Å². The van der Waals surface area contributed by atoms with Crippen LogP contribution in [0.1, 0.15) is 213 Å². The molecule has 386 valence electrons. The van der Waals surface area contributed by atoms with Gasteiger partial charge in [0.15, 0.2) is 6.10 Å². The third-order valence-corrected chi connectivity index (χ3v) is 10.8. The molecule has 0 heterocycles. The second-order valence-electron chi connectivity index (χ2n) is 17.4. The maximum absolute atomic E-state index is 12.8. The van der Waals surface area contributed by atoms with Crippen LogP contribution in [0.4, 0.5) is 0 Å². The van der Waals surface area contributed by atoms with Crippen molar-refractivity contribution in [1.29, 1.82) is 0 Å². The molecule has 0 aromatic carbocycles. The van der Waals surface area contributed by atoms with Crippen molar-refractivity contribution in [2.24, 2.45) is 0 Å². The van der Waals surface area contributed by atoms with Gasteiger partial charge in [0.2, 0.25) is 0 Å². The number of carbonyl (C=O) groups excluding carboxylic acids is 3. The van der Waals surface area contributed by atoms with Crippen LogP contribution in [0.5, 0.6) is 0 Å². The molecule has 0 unspecified atom stereocenters. The van der Waals surface area contributed by atoms with Gasteiger partial charge in [-0.05, 0) is 128 Å². The van der Waals surface area contributed by atoms with Gasteiger partial charge in [-0.2, -0.15) is 0 Å². The van der Waals surface area contributed by atoms with Crippen molar-refractivity contribution in [2.75, 3.05) is 13.2 Å². The largest absolute Gasteiger partial charge is 0.462 e. The summed E-state index contributed by atoms with van der Waals surface area (Å²) in [6.07, 6.45) is 79.9. The van der Waals surface area contributed by atoms with Crippen LogP contribution in [0.3, 0.4) is 0 Å². The first kappa shape index (κ1) is 64.3. The van der Waals surface area contributed by atoms with E-state index in [-0.39, 0.29) is 50.4 Å². The highest BCUT2D eigenvalue weighted by Crippen LogP contribution is 2.12. The normalized spacial score (nSPS) is 13.3. The van der Waals surface area contributed by atoms with E-state index in [4.69, 9.17) is 14.2 Å². The Bertz CT molecular complexity index is 1560. The van der Waals surface area contributed by atoms with Gasteiger partial charge in [0.05, 0.1) is 0 Å². The van der Waals surface area contributed by atoms with E-state index in [1.54, 1.807) is 0 Å². The molecule has 0 saturated carbocycles. The van der Waals surface area contributed by atoms with Gasteiger partial charge in [0.1, 0.15) is 13.2 Å². The summed E-state index contributed by atoms with van der Waals surface area (Å²) in [6.45, 7) is 6.26. The zero-order chi connectivity index (χ0) is 50.0. The molecule has 6 nitrogen and oxygen atoms in total. The van der Waals surface area contributed by atoms with E-state index < -0.39 is 6.10 Å². The first-order chi connectivity index (χ1) is 34.0. The third-order valence-electron chi connectivity index (χ3n) is 10.8. The molecule has 0 saturated heterocycles. The maximum atomic E-state index is 12.8. The minimum atomic E-state index is -0.837. The van der Waals surface area contributed by atoms with Crippen LogP contribution in [-0.4, -0.2) is 37.2 Å². The molecule has 0 aliphatic heterocycles. The van der Waals surface area contributed by atoms with E-state index in [2.05, 4.69) is 154 Å². The Labute approximate surface area is 423 Å². The Morgan fingerprint density at radius 2 is 0.594 bits per heavy atom. The molecule has 69 heavy (non-hydrogen) atoms. The Hall–Kier alpha value is -4.71. The molecule has 0 fully saturated rings. The number of hydrogen-bond donors (Lipinski definition) is 0. The van der Waals surface area contributed by atoms with Crippen LogP contribution in [-0.2, 0) is 28.6 Å². The molecule has 0 aromatic rings. The van der Waals surface area contributed by atoms with Crippen molar-refractivity contribution in [3.05, 3.63) is 146 Å². The number of hydrogen-bond acceptors (Lipinski definition) is 6. The van der Waals surface area contributed by atoms with Gasteiger partial charge in [-0.1, -0.05) is 212 Å². The van der Waals surface area contributed by atoms with E-state index in [9.17, 15) is 14.4 Å². The molecule has 0 radical (unpaired) electrons. The number of carbonyl (C=O) groups is 3.